The first-order chi connectivity index (χ1) is 9.56. The quantitative estimate of drug-likeness (QED) is 0.893. The van der Waals surface area contributed by atoms with Crippen molar-refractivity contribution >= 4 is 12.0 Å². The highest BCUT2D eigenvalue weighted by Gasteiger charge is 2.33. The van der Waals surface area contributed by atoms with Gasteiger partial charge in [0.1, 0.15) is 0 Å². The molecular weight excluding hydrogens is 256 g/mol. The van der Waals surface area contributed by atoms with E-state index in [1.54, 1.807) is 0 Å². The zero-order chi connectivity index (χ0) is 14.3. The normalized spacial score (nSPS) is 26.7. The van der Waals surface area contributed by atoms with E-state index in [9.17, 15) is 4.79 Å². The van der Waals surface area contributed by atoms with Gasteiger partial charge in [-0.2, -0.15) is 0 Å². The van der Waals surface area contributed by atoms with Crippen molar-refractivity contribution in [2.75, 3.05) is 18.0 Å². The third-order valence-electron chi connectivity index (χ3n) is 4.13. The summed E-state index contributed by atoms with van der Waals surface area (Å²) in [4.78, 5) is 23.6. The van der Waals surface area contributed by atoms with E-state index in [4.69, 9.17) is 5.11 Å². The zero-order valence-electron chi connectivity index (χ0n) is 11.9. The summed E-state index contributed by atoms with van der Waals surface area (Å²) in [5.74, 6) is 1.36. The predicted octanol–water partition coefficient (Wildman–Crippen LogP) is 1.93. The molecule has 1 amide bonds. The average molecular weight is 276 g/mol. The molecule has 20 heavy (non-hydrogen) atoms. The molecule has 1 saturated heterocycles. The predicted molar refractivity (Wildman–Crippen MR) is 75.0 cm³/mol. The van der Waals surface area contributed by atoms with Crippen molar-refractivity contribution in [3.63, 3.8) is 0 Å². The molecular formula is C14H20N4O2. The van der Waals surface area contributed by atoms with Crippen LogP contribution in [-0.4, -0.2) is 51.2 Å². The molecule has 0 spiro atoms. The second-order valence-electron chi connectivity index (χ2n) is 5.88. The van der Waals surface area contributed by atoms with Crippen LogP contribution in [-0.2, 0) is 0 Å². The summed E-state index contributed by atoms with van der Waals surface area (Å²) < 4.78 is 0. The number of anilines is 1. The Kier molecular flexibility index (Phi) is 3.23. The lowest BCUT2D eigenvalue weighted by Crippen LogP contribution is -2.58. The smallest absolute Gasteiger partial charge is 0.407 e. The molecule has 6 nitrogen and oxygen atoms in total. The van der Waals surface area contributed by atoms with Gasteiger partial charge < -0.3 is 14.9 Å². The minimum absolute atomic E-state index is 0.0848. The lowest BCUT2D eigenvalue weighted by molar-refractivity contribution is 0.128. The number of hydrogen-bond acceptors (Lipinski definition) is 4. The van der Waals surface area contributed by atoms with Crippen molar-refractivity contribution in [3.05, 3.63) is 18.0 Å². The lowest BCUT2D eigenvalue weighted by atomic mass is 10.1. The van der Waals surface area contributed by atoms with E-state index >= 15 is 0 Å². The number of aromatic nitrogens is 2. The fraction of sp³-hybridized carbons (Fsp3) is 0.643. The first-order valence-corrected chi connectivity index (χ1v) is 7.14. The fourth-order valence-corrected chi connectivity index (χ4v) is 2.97. The van der Waals surface area contributed by atoms with Gasteiger partial charge in [-0.3, -0.25) is 0 Å². The van der Waals surface area contributed by atoms with E-state index in [1.165, 1.54) is 23.3 Å². The van der Waals surface area contributed by atoms with Gasteiger partial charge in [-0.1, -0.05) is 0 Å². The largest absolute Gasteiger partial charge is 0.465 e. The summed E-state index contributed by atoms with van der Waals surface area (Å²) in [5, 5.41) is 9.11. The van der Waals surface area contributed by atoms with Crippen molar-refractivity contribution in [2.24, 2.45) is 0 Å². The molecule has 1 N–H and O–H groups in total. The molecule has 2 fully saturated rings. The highest BCUT2D eigenvalue weighted by Crippen LogP contribution is 2.39. The van der Waals surface area contributed by atoms with E-state index < -0.39 is 6.09 Å². The van der Waals surface area contributed by atoms with Gasteiger partial charge in [0.25, 0.3) is 0 Å². The van der Waals surface area contributed by atoms with E-state index in [-0.39, 0.29) is 12.1 Å². The van der Waals surface area contributed by atoms with Crippen LogP contribution >= 0.6 is 0 Å². The van der Waals surface area contributed by atoms with Gasteiger partial charge in [-0.25, -0.2) is 14.8 Å². The summed E-state index contributed by atoms with van der Waals surface area (Å²) in [7, 11) is 0. The van der Waals surface area contributed by atoms with E-state index in [0.29, 0.717) is 25.0 Å². The Morgan fingerprint density at radius 1 is 1.20 bits per heavy atom. The Morgan fingerprint density at radius 3 is 2.20 bits per heavy atom. The molecule has 2 atom stereocenters. The van der Waals surface area contributed by atoms with E-state index in [0.717, 1.165) is 0 Å². The Morgan fingerprint density at radius 2 is 1.75 bits per heavy atom. The maximum absolute atomic E-state index is 11.1. The van der Waals surface area contributed by atoms with Gasteiger partial charge in [-0.15, -0.1) is 0 Å². The van der Waals surface area contributed by atoms with Crippen LogP contribution in [0.3, 0.4) is 0 Å². The van der Waals surface area contributed by atoms with Crippen LogP contribution in [0, 0.1) is 0 Å². The summed E-state index contributed by atoms with van der Waals surface area (Å²) in [6, 6.07) is 0.170. The molecule has 1 aliphatic carbocycles. The minimum atomic E-state index is -0.853. The highest BCUT2D eigenvalue weighted by atomic mass is 16.4. The molecule has 2 aliphatic rings. The van der Waals surface area contributed by atoms with Crippen LogP contribution in [0.15, 0.2) is 12.4 Å². The number of rotatable bonds is 2. The molecule has 0 aromatic carbocycles. The Bertz CT molecular complexity index is 488. The number of carboxylic acid groups (broad SMARTS) is 1. The number of amides is 1. The second-order valence-corrected chi connectivity index (χ2v) is 5.88. The van der Waals surface area contributed by atoms with Crippen LogP contribution in [0.2, 0.25) is 0 Å². The molecule has 108 valence electrons. The maximum Gasteiger partial charge on any atom is 0.407 e. The highest BCUT2D eigenvalue weighted by molar-refractivity contribution is 5.65. The number of nitrogens with zero attached hydrogens (tertiary/aromatic N) is 4. The van der Waals surface area contributed by atoms with Crippen molar-refractivity contribution < 1.29 is 9.90 Å². The van der Waals surface area contributed by atoms with Crippen LogP contribution in [0.4, 0.5) is 10.7 Å². The van der Waals surface area contributed by atoms with Crippen LogP contribution < -0.4 is 4.90 Å². The Labute approximate surface area is 118 Å². The van der Waals surface area contributed by atoms with E-state index in [1.807, 2.05) is 26.2 Å². The standard InChI is InChI=1S/C14H20N4O2/c1-9-7-17(14(19)20)8-10(2)18(9)13-15-5-12(6-16-13)11-3-4-11/h5-6,9-11H,3-4,7-8H2,1-2H3,(H,19,20)/t9-,10?/m1/s1. The molecule has 1 unspecified atom stereocenters. The van der Waals surface area contributed by atoms with Gasteiger partial charge in [0.15, 0.2) is 0 Å². The van der Waals surface area contributed by atoms with Crippen LogP contribution in [0.1, 0.15) is 38.2 Å². The lowest BCUT2D eigenvalue weighted by Gasteiger charge is -2.43. The summed E-state index contributed by atoms with van der Waals surface area (Å²) in [6.45, 7) is 5.02. The van der Waals surface area contributed by atoms with Gasteiger partial charge >= 0.3 is 6.09 Å². The number of piperazine rings is 1. The summed E-state index contributed by atoms with van der Waals surface area (Å²) >= 11 is 0. The molecule has 1 saturated carbocycles. The summed E-state index contributed by atoms with van der Waals surface area (Å²) in [5.41, 5.74) is 1.22. The summed E-state index contributed by atoms with van der Waals surface area (Å²) in [6.07, 6.45) is 5.47. The molecule has 0 bridgehead atoms. The van der Waals surface area contributed by atoms with Gasteiger partial charge in [0.05, 0.1) is 0 Å². The van der Waals surface area contributed by atoms with Crippen LogP contribution in [0.5, 0.6) is 0 Å². The van der Waals surface area contributed by atoms with Gasteiger partial charge in [0, 0.05) is 37.6 Å². The topological polar surface area (TPSA) is 69.6 Å². The maximum atomic E-state index is 11.1. The van der Waals surface area contributed by atoms with E-state index in [2.05, 4.69) is 14.9 Å². The Hall–Kier alpha value is -1.85. The van der Waals surface area contributed by atoms with Crippen molar-refractivity contribution in [3.8, 4) is 0 Å². The number of hydrogen-bond donors (Lipinski definition) is 1. The molecule has 1 aromatic heterocycles. The van der Waals surface area contributed by atoms with Crippen molar-refractivity contribution in [1.82, 2.24) is 14.9 Å². The fourth-order valence-electron chi connectivity index (χ4n) is 2.97. The molecule has 2 heterocycles. The zero-order valence-corrected chi connectivity index (χ0v) is 11.9. The molecule has 6 heteroatoms. The SMILES string of the molecule is CC1CN(C(=O)O)C[C@@H](C)N1c1ncc(C2CC2)cn1. The molecule has 3 rings (SSSR count). The number of carbonyl (C=O) groups is 1. The monoisotopic (exact) mass is 276 g/mol. The van der Waals surface area contributed by atoms with Gasteiger partial charge in [0.2, 0.25) is 5.95 Å². The van der Waals surface area contributed by atoms with Crippen molar-refractivity contribution in [1.29, 1.82) is 0 Å². The van der Waals surface area contributed by atoms with Gasteiger partial charge in [-0.05, 0) is 38.2 Å². The first kappa shape index (κ1) is 13.1. The Balaban J connectivity index is 1.76. The third kappa shape index (κ3) is 2.42. The molecule has 0 radical (unpaired) electrons. The molecule has 1 aliphatic heterocycles. The van der Waals surface area contributed by atoms with Crippen LogP contribution in [0.25, 0.3) is 0 Å². The average Bonchev–Trinajstić information content (AvgIpc) is 3.23. The van der Waals surface area contributed by atoms with Crippen molar-refractivity contribution in [2.45, 2.75) is 44.7 Å². The molecule has 1 aromatic rings. The third-order valence-corrected chi connectivity index (χ3v) is 4.13. The second kappa shape index (κ2) is 4.92. The first-order valence-electron chi connectivity index (χ1n) is 7.14. The minimum Gasteiger partial charge on any atom is -0.465 e.